The Hall–Kier alpha value is -1.66. The van der Waals surface area contributed by atoms with E-state index in [2.05, 4.69) is 4.90 Å². The highest BCUT2D eigenvalue weighted by Crippen LogP contribution is 2.28. The largest absolute Gasteiger partial charge is 0.481 e. The van der Waals surface area contributed by atoms with Gasteiger partial charge in [0.15, 0.2) is 0 Å². The third-order valence-electron chi connectivity index (χ3n) is 4.63. The first-order chi connectivity index (χ1) is 11.0. The molecule has 0 radical (unpaired) electrons. The fourth-order valence-corrected chi connectivity index (χ4v) is 3.35. The van der Waals surface area contributed by atoms with Gasteiger partial charge < -0.3 is 10.0 Å². The number of nitrogens with zero attached hydrogens (tertiary/aromatic N) is 2. The second kappa shape index (κ2) is 7.94. The van der Waals surface area contributed by atoms with E-state index in [9.17, 15) is 14.0 Å². The molecule has 1 aromatic rings. The average Bonchev–Trinajstić information content (AvgIpc) is 2.91. The minimum Gasteiger partial charge on any atom is -0.481 e. The lowest BCUT2D eigenvalue weighted by molar-refractivity contribution is -0.141. The Bertz CT molecular complexity index is 620. The summed E-state index contributed by atoms with van der Waals surface area (Å²) < 4.78 is 14.4. The van der Waals surface area contributed by atoms with Crippen molar-refractivity contribution in [1.82, 2.24) is 4.90 Å². The summed E-state index contributed by atoms with van der Waals surface area (Å²) in [5.41, 5.74) is 1.07. The summed E-state index contributed by atoms with van der Waals surface area (Å²) in [6.45, 7) is 2.82. The Kier molecular flexibility index (Phi) is 6.18. The number of rotatable bonds is 4. The molecule has 0 saturated carbocycles. The second-order valence-electron chi connectivity index (χ2n) is 6.37. The number of hydrogen-bond donors (Lipinski definition) is 1. The maximum atomic E-state index is 14.4. The van der Waals surface area contributed by atoms with E-state index in [1.165, 1.54) is 30.2 Å². The summed E-state index contributed by atoms with van der Waals surface area (Å²) in [6, 6.07) is 4.89. The molecule has 0 bridgehead atoms. The molecule has 0 spiro atoms. The van der Waals surface area contributed by atoms with Crippen LogP contribution < -0.4 is 4.90 Å². The summed E-state index contributed by atoms with van der Waals surface area (Å²) in [5, 5.41) is 9.01. The number of carbonyl (C=O) groups is 2. The number of hydrogen-bond acceptors (Lipinski definition) is 3. The lowest BCUT2D eigenvalue weighted by Gasteiger charge is -2.26. The number of benzene rings is 1. The Morgan fingerprint density at radius 2 is 1.96 bits per heavy atom. The van der Waals surface area contributed by atoms with E-state index in [1.54, 1.807) is 6.07 Å². The molecular formula is C17H22ClFN2O3. The van der Waals surface area contributed by atoms with Crippen LogP contribution in [0.4, 0.5) is 10.1 Å². The molecule has 2 aliphatic heterocycles. The molecule has 1 amide bonds. The van der Waals surface area contributed by atoms with E-state index in [-0.39, 0.29) is 37.0 Å². The normalized spacial score (nSPS) is 21.6. The van der Waals surface area contributed by atoms with Gasteiger partial charge in [-0.25, -0.2) is 4.39 Å². The first-order valence-corrected chi connectivity index (χ1v) is 8.08. The van der Waals surface area contributed by atoms with Crippen LogP contribution in [0.25, 0.3) is 0 Å². The monoisotopic (exact) mass is 356 g/mol. The summed E-state index contributed by atoms with van der Waals surface area (Å²) in [6.07, 6.45) is 3.55. The molecule has 2 aliphatic rings. The highest BCUT2D eigenvalue weighted by atomic mass is 35.5. The topological polar surface area (TPSA) is 60.9 Å². The summed E-state index contributed by atoms with van der Waals surface area (Å²) >= 11 is 0. The summed E-state index contributed by atoms with van der Waals surface area (Å²) in [5.74, 6) is -2.56. The number of aliphatic carboxylic acids is 1. The van der Waals surface area contributed by atoms with E-state index in [0.717, 1.165) is 18.7 Å². The molecule has 1 unspecified atom stereocenters. The van der Waals surface area contributed by atoms with Crippen LogP contribution in [0.15, 0.2) is 18.2 Å². The van der Waals surface area contributed by atoms with Gasteiger partial charge in [0.05, 0.1) is 11.6 Å². The maximum Gasteiger partial charge on any atom is 0.308 e. The first kappa shape index (κ1) is 18.7. The maximum absolute atomic E-state index is 14.4. The van der Waals surface area contributed by atoms with Crippen molar-refractivity contribution in [3.05, 3.63) is 29.6 Å². The van der Waals surface area contributed by atoms with Gasteiger partial charge >= 0.3 is 5.97 Å². The smallest absolute Gasteiger partial charge is 0.308 e. The lowest BCUT2D eigenvalue weighted by atomic mass is 10.1. The molecule has 0 aliphatic carbocycles. The van der Waals surface area contributed by atoms with E-state index < -0.39 is 17.7 Å². The van der Waals surface area contributed by atoms with Crippen molar-refractivity contribution in [2.24, 2.45) is 5.92 Å². The number of carbonyl (C=O) groups excluding carboxylic acids is 1. The molecule has 2 fully saturated rings. The van der Waals surface area contributed by atoms with Crippen molar-refractivity contribution < 1.29 is 19.1 Å². The van der Waals surface area contributed by atoms with Crippen LogP contribution in [0, 0.1) is 11.7 Å². The number of amides is 1. The van der Waals surface area contributed by atoms with Crippen LogP contribution >= 0.6 is 12.4 Å². The molecule has 1 N–H and O–H groups in total. The van der Waals surface area contributed by atoms with E-state index >= 15 is 0 Å². The van der Waals surface area contributed by atoms with Gasteiger partial charge in [-0.3, -0.25) is 14.5 Å². The zero-order valence-electron chi connectivity index (χ0n) is 13.4. The minimum atomic E-state index is -1.01. The Balaban J connectivity index is 0.00000208. The summed E-state index contributed by atoms with van der Waals surface area (Å²) in [7, 11) is 0. The van der Waals surface area contributed by atoms with Crippen molar-refractivity contribution in [1.29, 1.82) is 0 Å². The Morgan fingerprint density at radius 1 is 1.25 bits per heavy atom. The van der Waals surface area contributed by atoms with Gasteiger partial charge in [0.25, 0.3) is 0 Å². The van der Waals surface area contributed by atoms with Crippen LogP contribution in [0.5, 0.6) is 0 Å². The fraction of sp³-hybridized carbons (Fsp3) is 0.529. The predicted octanol–water partition coefficient (Wildman–Crippen LogP) is 2.67. The SMILES string of the molecule is Cl.O=C(O)C1CC(=O)N(c2ccc(CN3CCCCC3)cc2F)C1. The number of anilines is 1. The molecule has 2 saturated heterocycles. The molecule has 1 aromatic carbocycles. The van der Waals surface area contributed by atoms with Crippen LogP contribution in [-0.2, 0) is 16.1 Å². The summed E-state index contributed by atoms with van der Waals surface area (Å²) in [4.78, 5) is 26.5. The second-order valence-corrected chi connectivity index (χ2v) is 6.37. The third kappa shape index (κ3) is 4.05. The van der Waals surface area contributed by atoms with Crippen LogP contribution in [0.3, 0.4) is 0 Å². The Labute approximate surface area is 146 Å². The molecule has 0 aromatic heterocycles. The highest BCUT2D eigenvalue weighted by Gasteiger charge is 2.36. The number of likely N-dealkylation sites (tertiary alicyclic amines) is 1. The first-order valence-electron chi connectivity index (χ1n) is 8.08. The number of halogens is 2. The van der Waals surface area contributed by atoms with Gasteiger partial charge in [0, 0.05) is 19.5 Å². The molecule has 5 nitrogen and oxygen atoms in total. The molecule has 7 heteroatoms. The number of carboxylic acids is 1. The lowest BCUT2D eigenvalue weighted by Crippen LogP contribution is -2.29. The number of carboxylic acid groups (broad SMARTS) is 1. The van der Waals surface area contributed by atoms with E-state index in [4.69, 9.17) is 5.11 Å². The quantitative estimate of drug-likeness (QED) is 0.901. The van der Waals surface area contributed by atoms with Crippen molar-refractivity contribution >= 4 is 30.0 Å². The van der Waals surface area contributed by atoms with Gasteiger partial charge in [-0.1, -0.05) is 12.5 Å². The minimum absolute atomic E-state index is 0. The van der Waals surface area contributed by atoms with Crippen molar-refractivity contribution in [3.63, 3.8) is 0 Å². The molecule has 1 atom stereocenters. The molecule has 2 heterocycles. The van der Waals surface area contributed by atoms with Crippen molar-refractivity contribution in [2.45, 2.75) is 32.2 Å². The predicted molar refractivity (Wildman–Crippen MR) is 90.9 cm³/mol. The zero-order chi connectivity index (χ0) is 16.4. The third-order valence-corrected chi connectivity index (χ3v) is 4.63. The van der Waals surface area contributed by atoms with Gasteiger partial charge in [0.2, 0.25) is 5.91 Å². The standard InChI is InChI=1S/C17H21FN2O3.ClH/c18-14-8-12(10-19-6-2-1-3-7-19)4-5-15(14)20-11-13(17(22)23)9-16(20)21;/h4-5,8,13H,1-3,6-7,9-11H2,(H,22,23);1H. The van der Waals surface area contributed by atoms with E-state index in [1.807, 2.05) is 6.07 Å². The Morgan fingerprint density at radius 3 is 2.54 bits per heavy atom. The van der Waals surface area contributed by atoms with Crippen LogP contribution in [0.1, 0.15) is 31.2 Å². The molecule has 3 rings (SSSR count). The number of piperidine rings is 1. The highest BCUT2D eigenvalue weighted by molar-refractivity contribution is 5.99. The average molecular weight is 357 g/mol. The van der Waals surface area contributed by atoms with Crippen LogP contribution in [0.2, 0.25) is 0 Å². The molecule has 132 valence electrons. The van der Waals surface area contributed by atoms with Gasteiger partial charge in [0.1, 0.15) is 5.82 Å². The van der Waals surface area contributed by atoms with Crippen molar-refractivity contribution in [2.75, 3.05) is 24.5 Å². The van der Waals surface area contributed by atoms with Gasteiger partial charge in [-0.15, -0.1) is 12.4 Å². The zero-order valence-corrected chi connectivity index (χ0v) is 14.2. The van der Waals surface area contributed by atoms with Gasteiger partial charge in [-0.05, 0) is 43.6 Å². The van der Waals surface area contributed by atoms with E-state index in [0.29, 0.717) is 6.54 Å². The van der Waals surface area contributed by atoms with Crippen molar-refractivity contribution in [3.8, 4) is 0 Å². The molecule has 24 heavy (non-hydrogen) atoms. The fourth-order valence-electron chi connectivity index (χ4n) is 3.35. The molecular weight excluding hydrogens is 335 g/mol. The van der Waals surface area contributed by atoms with Crippen LogP contribution in [-0.4, -0.2) is 41.5 Å². The van der Waals surface area contributed by atoms with Gasteiger partial charge in [-0.2, -0.15) is 0 Å².